The maximum absolute atomic E-state index is 14.0. The van der Waals surface area contributed by atoms with Gasteiger partial charge in [0.25, 0.3) is 0 Å². The third-order valence-corrected chi connectivity index (χ3v) is 8.38. The molecule has 3 aromatic rings. The van der Waals surface area contributed by atoms with Crippen LogP contribution in [0.15, 0.2) is 53.5 Å². The molecule has 1 aliphatic carbocycles. The first-order chi connectivity index (χ1) is 21.3. The molecule has 3 heterocycles. The molecule has 1 saturated carbocycles. The van der Waals surface area contributed by atoms with Crippen molar-refractivity contribution in [2.75, 3.05) is 22.2 Å². The van der Waals surface area contributed by atoms with Crippen molar-refractivity contribution in [2.24, 2.45) is 10.5 Å². The second-order valence-electron chi connectivity index (χ2n) is 12.6. The highest BCUT2D eigenvalue weighted by molar-refractivity contribution is 6.35. The fraction of sp³-hybridized carbons (Fsp3) is 0.367. The summed E-state index contributed by atoms with van der Waals surface area (Å²) in [6.45, 7) is 8.77. The normalized spacial score (nSPS) is 17.9. The van der Waals surface area contributed by atoms with E-state index in [0.717, 1.165) is 21.8 Å². The Bertz CT molecular complexity index is 1740. The van der Waals surface area contributed by atoms with Crippen LogP contribution in [0.4, 0.5) is 30.2 Å². The van der Waals surface area contributed by atoms with E-state index in [-0.39, 0.29) is 18.3 Å². The van der Waals surface area contributed by atoms with Crippen molar-refractivity contribution in [1.82, 2.24) is 32.0 Å². The van der Waals surface area contributed by atoms with E-state index >= 15 is 0 Å². The Morgan fingerprint density at radius 2 is 1.96 bits per heavy atom. The van der Waals surface area contributed by atoms with Gasteiger partial charge in [-0.3, -0.25) is 9.99 Å². The molecule has 2 aliphatic heterocycles. The lowest BCUT2D eigenvalue weighted by Crippen LogP contribution is -2.52. The van der Waals surface area contributed by atoms with Crippen molar-refractivity contribution >= 4 is 45.9 Å². The molecular formula is C30H33ClF3N11. The van der Waals surface area contributed by atoms with Crippen LogP contribution >= 0.6 is 11.6 Å². The van der Waals surface area contributed by atoms with Gasteiger partial charge in [0.1, 0.15) is 12.4 Å². The summed E-state index contributed by atoms with van der Waals surface area (Å²) in [6, 6.07) is 10.8. The van der Waals surface area contributed by atoms with Crippen molar-refractivity contribution in [3.63, 3.8) is 0 Å². The maximum atomic E-state index is 14.0. The van der Waals surface area contributed by atoms with Gasteiger partial charge in [-0.25, -0.2) is 10.5 Å². The minimum atomic E-state index is -4.41. The molecule has 0 amide bonds. The Kier molecular flexibility index (Phi) is 7.59. The Morgan fingerprint density at radius 3 is 2.60 bits per heavy atom. The number of anilines is 3. The predicted molar refractivity (Wildman–Crippen MR) is 168 cm³/mol. The molecular weight excluding hydrogens is 607 g/mol. The second kappa shape index (κ2) is 11.2. The first kappa shape index (κ1) is 30.6. The van der Waals surface area contributed by atoms with Gasteiger partial charge in [-0.05, 0) is 54.5 Å². The molecule has 0 spiro atoms. The van der Waals surface area contributed by atoms with E-state index in [9.17, 15) is 18.4 Å². The molecule has 0 bridgehead atoms. The number of nitriles is 1. The molecule has 1 aromatic heterocycles. The van der Waals surface area contributed by atoms with Crippen LogP contribution in [-0.2, 0) is 0 Å². The van der Waals surface area contributed by atoms with E-state index in [0.29, 0.717) is 45.1 Å². The van der Waals surface area contributed by atoms with Crippen molar-refractivity contribution in [3.8, 4) is 6.07 Å². The van der Waals surface area contributed by atoms with Crippen molar-refractivity contribution in [2.45, 2.75) is 58.3 Å². The average Bonchev–Trinajstić information content (AvgIpc) is 3.38. The summed E-state index contributed by atoms with van der Waals surface area (Å²) in [5.41, 5.74) is 14.3. The number of hydrogen-bond acceptors (Lipinski definition) is 11. The van der Waals surface area contributed by atoms with E-state index in [1.54, 1.807) is 17.4 Å². The highest BCUT2D eigenvalue weighted by Gasteiger charge is 2.67. The average molecular weight is 640 g/mol. The lowest BCUT2D eigenvalue weighted by molar-refractivity contribution is -0.195. The molecule has 11 nitrogen and oxygen atoms in total. The van der Waals surface area contributed by atoms with Crippen molar-refractivity contribution in [3.05, 3.63) is 70.1 Å². The summed E-state index contributed by atoms with van der Waals surface area (Å²) in [4.78, 5) is 4.45. The maximum Gasteiger partial charge on any atom is 0.413 e. The third-order valence-electron chi connectivity index (χ3n) is 8.09. The van der Waals surface area contributed by atoms with Gasteiger partial charge in [-0.15, -0.1) is 11.1 Å². The van der Waals surface area contributed by atoms with Gasteiger partial charge in [0.05, 0.1) is 39.2 Å². The number of aromatic nitrogens is 1. The van der Waals surface area contributed by atoms with Crippen molar-refractivity contribution < 1.29 is 13.2 Å². The number of nitrogens with one attached hydrogen (secondary N) is 6. The predicted octanol–water partition coefficient (Wildman–Crippen LogP) is 5.71. The number of halogens is 4. The number of alkyl halides is 3. The molecule has 15 heteroatoms. The molecule has 2 aromatic carbocycles. The van der Waals surface area contributed by atoms with Crippen molar-refractivity contribution in [1.29, 1.82) is 5.26 Å². The van der Waals surface area contributed by atoms with E-state index in [4.69, 9.17) is 11.6 Å². The zero-order valence-corrected chi connectivity index (χ0v) is 25.8. The molecule has 1 fully saturated rings. The molecule has 3 aliphatic rings. The standard InChI is InChI=1S/C30H33ClF3N11/c1-17-20(6-5-7-24(17)44-16-38-41-43-44)27(23-14-45(42-40-23)29(8-9-29)30(32,33)34)39-19-10-21-25(37-15-28(2,3)4)18(12-35)13-36-26(21)22(31)11-19/h5-7,10-11,13-14,16,27,39-43H,8-9,15H2,1-4H3,(H,36,37)/t27-/m0/s1. The summed E-state index contributed by atoms with van der Waals surface area (Å²) < 4.78 is 42.1. The fourth-order valence-electron chi connectivity index (χ4n) is 5.48. The number of fused-ring (bicyclic) bond motifs is 1. The number of hydrogen-bond donors (Lipinski definition) is 6. The van der Waals surface area contributed by atoms with E-state index in [1.165, 1.54) is 12.4 Å². The first-order valence-corrected chi connectivity index (χ1v) is 14.7. The monoisotopic (exact) mass is 639 g/mol. The lowest BCUT2D eigenvalue weighted by atomic mass is 9.96. The Balaban J connectivity index is 1.45. The topological polar surface area (TPSA) is 128 Å². The highest BCUT2D eigenvalue weighted by Crippen LogP contribution is 2.54. The quantitative estimate of drug-likeness (QED) is 0.182. The highest BCUT2D eigenvalue weighted by atomic mass is 35.5. The Hall–Kier alpha value is -4.45. The summed E-state index contributed by atoms with van der Waals surface area (Å²) in [6.07, 6.45) is 0.126. The lowest BCUT2D eigenvalue weighted by Gasteiger charge is -2.28. The van der Waals surface area contributed by atoms with Crippen LogP contribution in [0.25, 0.3) is 10.9 Å². The summed E-state index contributed by atoms with van der Waals surface area (Å²) in [7, 11) is 0. The summed E-state index contributed by atoms with van der Waals surface area (Å²) in [5.74, 6) is 0. The third kappa shape index (κ3) is 5.74. The van der Waals surface area contributed by atoms with Gasteiger partial charge in [0.2, 0.25) is 0 Å². The van der Waals surface area contributed by atoms with Crippen LogP contribution in [-0.4, -0.2) is 34.6 Å². The molecule has 1 atom stereocenters. The molecule has 6 N–H and O–H groups in total. The molecule has 0 unspecified atom stereocenters. The summed E-state index contributed by atoms with van der Waals surface area (Å²) >= 11 is 6.77. The second-order valence-corrected chi connectivity index (χ2v) is 13.0. The Labute approximate surface area is 263 Å². The van der Waals surface area contributed by atoms with Crippen LogP contribution in [0.1, 0.15) is 56.3 Å². The molecule has 0 saturated heterocycles. The largest absolute Gasteiger partial charge is 0.413 e. The van der Waals surface area contributed by atoms with Gasteiger partial charge in [-0.1, -0.05) is 44.5 Å². The SMILES string of the molecule is Cc1c([C@H](Nc2cc(Cl)c3ncc(C#N)c(NCC(C)(C)C)c3c2)C2=CN(C3(C(F)(F)F)CC3)NN2)cccc1N1C=NNN1. The molecule has 0 radical (unpaired) electrons. The number of hydrazine groups is 4. The van der Waals surface area contributed by atoms with Crippen LogP contribution < -0.4 is 37.7 Å². The van der Waals surface area contributed by atoms with Gasteiger partial charge in [0, 0.05) is 30.0 Å². The first-order valence-electron chi connectivity index (χ1n) is 14.4. The van der Waals surface area contributed by atoms with Gasteiger partial charge in [-0.2, -0.15) is 23.5 Å². The van der Waals surface area contributed by atoms with Gasteiger partial charge in [0.15, 0.2) is 5.54 Å². The fourth-order valence-corrected chi connectivity index (χ4v) is 5.75. The number of nitrogens with zero attached hydrogens (tertiary/aromatic N) is 5. The number of rotatable bonds is 8. The molecule has 6 rings (SSSR count). The van der Waals surface area contributed by atoms with Gasteiger partial charge < -0.3 is 16.1 Å². The van der Waals surface area contributed by atoms with E-state index < -0.39 is 17.8 Å². The number of benzene rings is 2. The van der Waals surface area contributed by atoms with Crippen LogP contribution in [0.3, 0.4) is 0 Å². The molecule has 236 valence electrons. The van der Waals surface area contributed by atoms with Gasteiger partial charge >= 0.3 is 6.18 Å². The zero-order chi connectivity index (χ0) is 32.1. The van der Waals surface area contributed by atoms with E-state index in [1.807, 2.05) is 31.2 Å². The minimum Gasteiger partial charge on any atom is -0.383 e. The van der Waals surface area contributed by atoms with E-state index in [2.05, 4.69) is 69.6 Å². The van der Waals surface area contributed by atoms with Crippen LogP contribution in [0.2, 0.25) is 5.02 Å². The molecule has 45 heavy (non-hydrogen) atoms. The smallest absolute Gasteiger partial charge is 0.383 e. The summed E-state index contributed by atoms with van der Waals surface area (Å²) in [5, 5.41) is 24.6. The minimum absolute atomic E-state index is 0.00656. The zero-order valence-electron chi connectivity index (χ0n) is 25.1. The number of hydrazone groups is 1. The number of pyridine rings is 1. The van der Waals surface area contributed by atoms with Crippen LogP contribution in [0, 0.1) is 23.7 Å². The Morgan fingerprint density at radius 1 is 1.18 bits per heavy atom. The van der Waals surface area contributed by atoms with Crippen LogP contribution in [0.5, 0.6) is 0 Å².